The maximum Gasteiger partial charge on any atom is 0.0667 e. The average molecular weight is 682 g/mol. The lowest BCUT2D eigenvalue weighted by Crippen LogP contribution is -2.41. The van der Waals surface area contributed by atoms with E-state index in [0.29, 0.717) is 0 Å². The highest BCUT2D eigenvalue weighted by atomic mass is 16.3. The molecule has 3 N–H and O–H groups in total. The van der Waals surface area contributed by atoms with Gasteiger partial charge in [0.25, 0.3) is 0 Å². The van der Waals surface area contributed by atoms with Gasteiger partial charge in [-0.1, -0.05) is 175 Å². The van der Waals surface area contributed by atoms with Crippen molar-refractivity contribution in [1.82, 2.24) is 14.7 Å². The number of aliphatic hydroxyl groups is 3. The highest BCUT2D eigenvalue weighted by Gasteiger charge is 2.21. The van der Waals surface area contributed by atoms with Crippen molar-refractivity contribution in [1.29, 1.82) is 0 Å². The van der Waals surface area contributed by atoms with Crippen LogP contribution in [-0.2, 0) is 0 Å². The van der Waals surface area contributed by atoms with Crippen LogP contribution in [0.15, 0.2) is 0 Å². The number of β-amino-alcohol motifs (C(OH)–C–C–N with tert-alkyl or cyclic N) is 3. The Morgan fingerprint density at radius 1 is 0.312 bits per heavy atom. The molecule has 0 aromatic rings. The van der Waals surface area contributed by atoms with E-state index >= 15 is 0 Å². The van der Waals surface area contributed by atoms with E-state index in [2.05, 4.69) is 35.5 Å². The second-order valence-corrected chi connectivity index (χ2v) is 15.7. The molecule has 1 fully saturated rings. The Morgan fingerprint density at radius 2 is 0.500 bits per heavy atom. The largest absolute Gasteiger partial charge is 0.392 e. The minimum Gasteiger partial charge on any atom is -0.392 e. The first-order valence-electron chi connectivity index (χ1n) is 21.7. The molecular weight excluding hydrogens is 594 g/mol. The van der Waals surface area contributed by atoms with Gasteiger partial charge in [-0.2, -0.15) is 0 Å². The van der Waals surface area contributed by atoms with E-state index in [-0.39, 0.29) is 18.3 Å². The molecule has 0 saturated carbocycles. The Kier molecular flexibility index (Phi) is 32.3. The van der Waals surface area contributed by atoms with Crippen molar-refractivity contribution < 1.29 is 15.3 Å². The smallest absolute Gasteiger partial charge is 0.0667 e. The Hall–Kier alpha value is -0.240. The second kappa shape index (κ2) is 33.9. The van der Waals surface area contributed by atoms with E-state index in [9.17, 15) is 15.3 Å². The monoisotopic (exact) mass is 682 g/mol. The SMILES string of the molecule is CCCCCCCCCC[C@@H](O)CN1CCN(C[C@H](O)CCCCCCCCCC)CCN(C[C@@H](O)CCCCCCCCCC)CC1. The highest BCUT2D eigenvalue weighted by Crippen LogP contribution is 2.15. The standard InChI is InChI=1S/C42H87N3O3/c1-4-7-10-13-16-19-22-25-28-40(46)37-43-31-33-44(38-41(47)29-26-23-20-17-14-11-8-5-2)35-36-45(34-32-43)39-42(48)30-27-24-21-18-15-12-9-6-3/h40-42,46-48H,4-39H2,1-3H3/t40-,41-,42+/m1/s1. The lowest BCUT2D eigenvalue weighted by Gasteiger charge is -2.28. The van der Waals surface area contributed by atoms with Crippen molar-refractivity contribution in [3.63, 3.8) is 0 Å². The van der Waals surface area contributed by atoms with E-state index in [1.807, 2.05) is 0 Å². The summed E-state index contributed by atoms with van der Waals surface area (Å²) in [5.41, 5.74) is 0. The molecule has 0 bridgehead atoms. The molecule has 0 radical (unpaired) electrons. The van der Waals surface area contributed by atoms with Crippen LogP contribution in [0.25, 0.3) is 0 Å². The third-order valence-electron chi connectivity index (χ3n) is 10.8. The first-order chi connectivity index (χ1) is 23.5. The van der Waals surface area contributed by atoms with E-state index in [4.69, 9.17) is 0 Å². The van der Waals surface area contributed by atoms with E-state index < -0.39 is 0 Å². The van der Waals surface area contributed by atoms with Crippen LogP contribution in [0.2, 0.25) is 0 Å². The normalized spacial score (nSPS) is 17.6. The van der Waals surface area contributed by atoms with Crippen molar-refractivity contribution in [3.05, 3.63) is 0 Å². The van der Waals surface area contributed by atoms with Gasteiger partial charge in [0.2, 0.25) is 0 Å². The number of rotatable bonds is 33. The molecule has 0 unspecified atom stereocenters. The molecule has 0 aromatic heterocycles. The first-order valence-corrected chi connectivity index (χ1v) is 21.7. The number of hydrogen-bond donors (Lipinski definition) is 3. The fourth-order valence-electron chi connectivity index (χ4n) is 7.44. The summed E-state index contributed by atoms with van der Waals surface area (Å²) in [7, 11) is 0. The average Bonchev–Trinajstić information content (AvgIpc) is 3.16. The third-order valence-corrected chi connectivity index (χ3v) is 10.8. The summed E-state index contributed by atoms with van der Waals surface area (Å²) < 4.78 is 0. The summed E-state index contributed by atoms with van der Waals surface area (Å²) in [6.45, 7) is 14.7. The molecule has 0 aliphatic carbocycles. The van der Waals surface area contributed by atoms with Crippen molar-refractivity contribution in [3.8, 4) is 0 Å². The van der Waals surface area contributed by atoms with Gasteiger partial charge in [-0.15, -0.1) is 0 Å². The summed E-state index contributed by atoms with van der Waals surface area (Å²) in [5, 5.41) is 32.9. The maximum atomic E-state index is 11.0. The predicted octanol–water partition coefficient (Wildman–Crippen LogP) is 9.58. The molecule has 3 atom stereocenters. The van der Waals surface area contributed by atoms with Crippen LogP contribution in [0.5, 0.6) is 0 Å². The van der Waals surface area contributed by atoms with Crippen LogP contribution in [0.4, 0.5) is 0 Å². The van der Waals surface area contributed by atoms with E-state index in [1.165, 1.54) is 135 Å². The Balaban J connectivity index is 2.54. The molecule has 1 aliphatic heterocycles. The summed E-state index contributed by atoms with van der Waals surface area (Å²) in [5.74, 6) is 0. The number of aliphatic hydroxyl groups excluding tert-OH is 3. The van der Waals surface area contributed by atoms with Gasteiger partial charge < -0.3 is 15.3 Å². The van der Waals surface area contributed by atoms with Crippen LogP contribution in [0.1, 0.15) is 194 Å². The second-order valence-electron chi connectivity index (χ2n) is 15.7. The molecule has 1 saturated heterocycles. The Morgan fingerprint density at radius 3 is 0.708 bits per heavy atom. The van der Waals surface area contributed by atoms with Gasteiger partial charge in [0, 0.05) is 58.9 Å². The number of nitrogens with zero attached hydrogens (tertiary/aromatic N) is 3. The molecule has 288 valence electrons. The van der Waals surface area contributed by atoms with Gasteiger partial charge in [-0.05, 0) is 19.3 Å². The van der Waals surface area contributed by atoms with Crippen molar-refractivity contribution in [2.45, 2.75) is 212 Å². The van der Waals surface area contributed by atoms with Gasteiger partial charge >= 0.3 is 0 Å². The summed E-state index contributed by atoms with van der Waals surface area (Å²) in [4.78, 5) is 7.36. The Labute approximate surface area is 300 Å². The fourth-order valence-corrected chi connectivity index (χ4v) is 7.44. The molecule has 0 aromatic carbocycles. The van der Waals surface area contributed by atoms with Gasteiger partial charge in [-0.3, -0.25) is 14.7 Å². The van der Waals surface area contributed by atoms with Crippen LogP contribution < -0.4 is 0 Å². The molecule has 1 heterocycles. The van der Waals surface area contributed by atoms with Crippen molar-refractivity contribution in [2.24, 2.45) is 0 Å². The zero-order valence-corrected chi connectivity index (χ0v) is 32.9. The van der Waals surface area contributed by atoms with Crippen molar-refractivity contribution in [2.75, 3.05) is 58.9 Å². The van der Waals surface area contributed by atoms with Crippen LogP contribution >= 0.6 is 0 Å². The van der Waals surface area contributed by atoms with Crippen LogP contribution in [0, 0.1) is 0 Å². The zero-order chi connectivity index (χ0) is 34.9. The summed E-state index contributed by atoms with van der Waals surface area (Å²) >= 11 is 0. The van der Waals surface area contributed by atoms with E-state index in [0.717, 1.165) is 97.4 Å². The first kappa shape index (κ1) is 45.8. The number of unbranched alkanes of at least 4 members (excludes halogenated alkanes) is 21. The van der Waals surface area contributed by atoms with Gasteiger partial charge in [-0.25, -0.2) is 0 Å². The van der Waals surface area contributed by atoms with Crippen LogP contribution in [-0.4, -0.2) is 107 Å². The third kappa shape index (κ3) is 28.5. The van der Waals surface area contributed by atoms with Gasteiger partial charge in [0.05, 0.1) is 18.3 Å². The topological polar surface area (TPSA) is 70.4 Å². The lowest BCUT2D eigenvalue weighted by atomic mass is 10.1. The molecule has 1 aliphatic rings. The predicted molar refractivity (Wildman–Crippen MR) is 209 cm³/mol. The number of hydrogen-bond acceptors (Lipinski definition) is 6. The highest BCUT2D eigenvalue weighted by molar-refractivity contribution is 4.77. The lowest BCUT2D eigenvalue weighted by molar-refractivity contribution is 0.0822. The molecule has 6 nitrogen and oxygen atoms in total. The molecule has 0 amide bonds. The van der Waals surface area contributed by atoms with Gasteiger partial charge in [0.15, 0.2) is 0 Å². The molecular formula is C42H87N3O3. The minimum absolute atomic E-state index is 0.270. The fraction of sp³-hybridized carbons (Fsp3) is 1.00. The molecule has 6 heteroatoms. The quantitative estimate of drug-likeness (QED) is 0.0600. The minimum atomic E-state index is -0.270. The molecule has 0 spiro atoms. The molecule has 1 rings (SSSR count). The Bertz CT molecular complexity index is 556. The zero-order valence-electron chi connectivity index (χ0n) is 32.9. The summed E-state index contributed by atoms with van der Waals surface area (Å²) in [6, 6.07) is 0. The van der Waals surface area contributed by atoms with Gasteiger partial charge in [0.1, 0.15) is 0 Å². The van der Waals surface area contributed by atoms with E-state index in [1.54, 1.807) is 0 Å². The maximum absolute atomic E-state index is 11.0. The summed E-state index contributed by atoms with van der Waals surface area (Å²) in [6.07, 6.45) is 33.0. The van der Waals surface area contributed by atoms with Crippen molar-refractivity contribution >= 4 is 0 Å². The molecule has 48 heavy (non-hydrogen) atoms. The van der Waals surface area contributed by atoms with Crippen LogP contribution in [0.3, 0.4) is 0 Å².